The van der Waals surface area contributed by atoms with E-state index < -0.39 is 35.9 Å². The molecule has 184 valence electrons. The molecule has 0 aromatic heterocycles. The van der Waals surface area contributed by atoms with Crippen molar-refractivity contribution in [2.45, 2.75) is 38.8 Å². The molecule has 0 aliphatic carbocycles. The molecule has 2 aliphatic heterocycles. The Kier molecular flexibility index (Phi) is 7.16. The van der Waals surface area contributed by atoms with Crippen molar-refractivity contribution in [3.05, 3.63) is 59.7 Å². The van der Waals surface area contributed by atoms with Crippen molar-refractivity contribution in [1.29, 1.82) is 0 Å². The van der Waals surface area contributed by atoms with Crippen LogP contribution in [0, 0.1) is 11.8 Å². The maximum Gasteiger partial charge on any atom is 0.327 e. The van der Waals surface area contributed by atoms with Gasteiger partial charge in [-0.2, -0.15) is 11.8 Å². The summed E-state index contributed by atoms with van der Waals surface area (Å²) in [6, 6.07) is 12.6. The Bertz CT molecular complexity index is 1080. The van der Waals surface area contributed by atoms with E-state index in [0.717, 1.165) is 11.1 Å². The molecule has 35 heavy (non-hydrogen) atoms. The Morgan fingerprint density at radius 3 is 1.51 bits per heavy atom. The molecule has 0 saturated carbocycles. The number of fused-ring (bicyclic) bond motifs is 2. The van der Waals surface area contributed by atoms with Crippen LogP contribution in [0.3, 0.4) is 0 Å². The van der Waals surface area contributed by atoms with E-state index in [9.17, 15) is 29.4 Å². The number of rotatable bonds is 8. The van der Waals surface area contributed by atoms with Gasteiger partial charge in [0.05, 0.1) is 0 Å². The quantitative estimate of drug-likeness (QED) is 0.577. The predicted octanol–water partition coefficient (Wildman–Crippen LogP) is 3.08. The van der Waals surface area contributed by atoms with Gasteiger partial charge in [-0.3, -0.25) is 19.4 Å². The van der Waals surface area contributed by atoms with Gasteiger partial charge in [-0.1, -0.05) is 50.2 Å². The van der Waals surface area contributed by atoms with Crippen molar-refractivity contribution in [2.75, 3.05) is 21.3 Å². The number of carbonyl (C=O) groups is 4. The van der Waals surface area contributed by atoms with E-state index in [1.165, 1.54) is 21.6 Å². The van der Waals surface area contributed by atoms with Gasteiger partial charge >= 0.3 is 11.9 Å². The summed E-state index contributed by atoms with van der Waals surface area (Å²) in [4.78, 5) is 52.8. The number of aliphatic carboxylic acids is 2. The Morgan fingerprint density at radius 1 is 0.771 bits per heavy atom. The Balaban J connectivity index is 1.38. The predicted molar refractivity (Wildman–Crippen MR) is 134 cm³/mol. The number of anilines is 2. The van der Waals surface area contributed by atoms with Crippen molar-refractivity contribution in [3.63, 3.8) is 0 Å². The molecule has 0 saturated heterocycles. The molecule has 2 N–H and O–H groups in total. The molecule has 8 nitrogen and oxygen atoms in total. The Hall–Kier alpha value is -3.33. The van der Waals surface area contributed by atoms with E-state index in [2.05, 4.69) is 0 Å². The summed E-state index contributed by atoms with van der Waals surface area (Å²) < 4.78 is 0. The first kappa shape index (κ1) is 24.8. The largest absolute Gasteiger partial charge is 0.480 e. The van der Waals surface area contributed by atoms with Crippen molar-refractivity contribution < 1.29 is 29.4 Å². The minimum Gasteiger partial charge on any atom is -0.480 e. The molecule has 0 radical (unpaired) electrons. The van der Waals surface area contributed by atoms with Crippen LogP contribution in [-0.4, -0.2) is 57.6 Å². The van der Waals surface area contributed by atoms with Gasteiger partial charge in [0.25, 0.3) is 0 Å². The van der Waals surface area contributed by atoms with Crippen LogP contribution in [0.5, 0.6) is 0 Å². The second-order valence-corrected chi connectivity index (χ2v) is 10.2. The first-order valence-corrected chi connectivity index (χ1v) is 12.7. The van der Waals surface area contributed by atoms with E-state index in [1.54, 1.807) is 38.1 Å². The van der Waals surface area contributed by atoms with E-state index >= 15 is 0 Å². The highest BCUT2D eigenvalue weighted by Crippen LogP contribution is 2.35. The summed E-state index contributed by atoms with van der Waals surface area (Å²) in [6.45, 7) is 3.53. The summed E-state index contributed by atoms with van der Waals surface area (Å²) in [5, 5.41) is 19.3. The van der Waals surface area contributed by atoms with Gasteiger partial charge in [0, 0.05) is 47.6 Å². The van der Waals surface area contributed by atoms with Crippen LogP contribution < -0.4 is 9.80 Å². The summed E-state index contributed by atoms with van der Waals surface area (Å²) >= 11 is 1.44. The molecule has 9 heteroatoms. The van der Waals surface area contributed by atoms with E-state index in [1.807, 2.05) is 24.3 Å². The zero-order valence-corrected chi connectivity index (χ0v) is 20.4. The lowest BCUT2D eigenvalue weighted by Gasteiger charge is -2.27. The number of carbonyl (C=O) groups excluding carboxylic acids is 2. The average molecular weight is 497 g/mol. The summed E-state index contributed by atoms with van der Waals surface area (Å²) in [7, 11) is 0. The molecule has 0 fully saturated rings. The van der Waals surface area contributed by atoms with Crippen LogP contribution in [0.15, 0.2) is 48.5 Å². The number of benzene rings is 2. The first-order valence-electron chi connectivity index (χ1n) is 11.6. The third-order valence-electron chi connectivity index (χ3n) is 6.58. The fourth-order valence-electron chi connectivity index (χ4n) is 4.75. The third-order valence-corrected chi connectivity index (χ3v) is 8.05. The van der Waals surface area contributed by atoms with Gasteiger partial charge in [-0.15, -0.1) is 0 Å². The topological polar surface area (TPSA) is 115 Å². The number of carboxylic acid groups (broad SMARTS) is 2. The van der Waals surface area contributed by atoms with E-state index in [-0.39, 0.29) is 24.7 Å². The van der Waals surface area contributed by atoms with E-state index in [0.29, 0.717) is 22.9 Å². The lowest BCUT2D eigenvalue weighted by atomic mass is 10.1. The Morgan fingerprint density at radius 2 is 1.14 bits per heavy atom. The summed E-state index contributed by atoms with van der Waals surface area (Å²) in [6.07, 6.45) is 0.565. The first-order chi connectivity index (χ1) is 16.7. The van der Waals surface area contributed by atoms with Crippen LogP contribution in [0.2, 0.25) is 0 Å². The number of thioether (sulfide) groups is 1. The molecule has 2 aromatic carbocycles. The summed E-state index contributed by atoms with van der Waals surface area (Å²) in [5.74, 6) is -2.65. The monoisotopic (exact) mass is 496 g/mol. The van der Waals surface area contributed by atoms with Crippen LogP contribution >= 0.6 is 11.8 Å². The summed E-state index contributed by atoms with van der Waals surface area (Å²) in [5.41, 5.74) is 2.95. The van der Waals surface area contributed by atoms with Gasteiger partial charge in [0.15, 0.2) is 0 Å². The second-order valence-electron chi connectivity index (χ2n) is 9.13. The maximum atomic E-state index is 13.2. The second kappa shape index (κ2) is 10.1. The molecule has 0 spiro atoms. The fraction of sp³-hybridized carbons (Fsp3) is 0.385. The normalized spacial score (nSPS) is 20.2. The molecular weight excluding hydrogens is 468 g/mol. The highest BCUT2D eigenvalue weighted by Gasteiger charge is 2.41. The third kappa shape index (κ3) is 4.77. The molecular formula is C26H28N2O6S. The van der Waals surface area contributed by atoms with Gasteiger partial charge in [-0.25, -0.2) is 9.59 Å². The molecule has 0 bridgehead atoms. The molecule has 4 atom stereocenters. The van der Waals surface area contributed by atoms with Crippen molar-refractivity contribution in [1.82, 2.24) is 0 Å². The number of nitrogens with zero attached hydrogens (tertiary/aromatic N) is 2. The van der Waals surface area contributed by atoms with Crippen LogP contribution in [0.1, 0.15) is 25.0 Å². The minimum absolute atomic E-state index is 0.256. The lowest BCUT2D eigenvalue weighted by Crippen LogP contribution is -2.46. The zero-order chi connectivity index (χ0) is 25.3. The number of para-hydroxylation sites is 2. The molecule has 2 amide bonds. The van der Waals surface area contributed by atoms with Crippen molar-refractivity contribution in [3.8, 4) is 0 Å². The van der Waals surface area contributed by atoms with Crippen LogP contribution in [0.25, 0.3) is 0 Å². The lowest BCUT2D eigenvalue weighted by molar-refractivity contribution is -0.140. The smallest absolute Gasteiger partial charge is 0.327 e. The Labute approximate surface area is 207 Å². The van der Waals surface area contributed by atoms with Gasteiger partial charge < -0.3 is 10.2 Å². The number of amides is 2. The fourth-order valence-corrected chi connectivity index (χ4v) is 5.88. The highest BCUT2D eigenvalue weighted by atomic mass is 32.2. The maximum absolute atomic E-state index is 13.2. The van der Waals surface area contributed by atoms with Crippen molar-refractivity contribution in [2.24, 2.45) is 11.8 Å². The minimum atomic E-state index is -1.03. The SMILES string of the molecule is C[C@H](CSC[C@@H](C)C(=O)N1c2ccccc2C[C@H]1C(=O)O)C(=O)N1c2ccccc2C[C@H]1C(=O)O. The van der Waals surface area contributed by atoms with Crippen LogP contribution in [0.4, 0.5) is 11.4 Å². The standard InChI is InChI=1S/C26H28N2O6S/c1-15(23(29)27-19-9-5-3-7-17(19)11-21(27)25(31)32)13-35-14-16(2)24(30)28-20-10-6-4-8-18(20)12-22(28)26(33)34/h3-10,15-16,21-22H,11-14H2,1-2H3,(H,31,32)(H,33,34)/t15-,16-,21+,22+/m1/s1. The number of carboxylic acids is 2. The number of hydrogen-bond acceptors (Lipinski definition) is 5. The average Bonchev–Trinajstić information content (AvgIpc) is 3.42. The molecule has 2 aliphatic rings. The van der Waals surface area contributed by atoms with Gasteiger partial charge in [-0.05, 0) is 23.3 Å². The highest BCUT2D eigenvalue weighted by molar-refractivity contribution is 7.99. The van der Waals surface area contributed by atoms with Gasteiger partial charge in [0.2, 0.25) is 11.8 Å². The number of hydrogen-bond donors (Lipinski definition) is 2. The van der Waals surface area contributed by atoms with Gasteiger partial charge in [0.1, 0.15) is 12.1 Å². The van der Waals surface area contributed by atoms with E-state index in [4.69, 9.17) is 0 Å². The van der Waals surface area contributed by atoms with Crippen molar-refractivity contribution >= 4 is 46.9 Å². The molecule has 0 unspecified atom stereocenters. The van der Waals surface area contributed by atoms with Crippen LogP contribution in [-0.2, 0) is 32.0 Å². The molecule has 2 heterocycles. The zero-order valence-electron chi connectivity index (χ0n) is 19.6. The molecule has 4 rings (SSSR count). The molecule has 2 aromatic rings.